The lowest BCUT2D eigenvalue weighted by Crippen LogP contribution is -2.72. The van der Waals surface area contributed by atoms with E-state index in [1.807, 2.05) is 11.9 Å². The van der Waals surface area contributed by atoms with Crippen molar-refractivity contribution in [2.45, 2.75) is 59.2 Å². The number of hydrogen-bond donors (Lipinski definition) is 1. The zero-order chi connectivity index (χ0) is 18.9. The molecule has 0 spiro atoms. The molecule has 0 aromatic heterocycles. The molecule has 0 unspecified atom stereocenters. The van der Waals surface area contributed by atoms with E-state index in [0.29, 0.717) is 13.0 Å². The highest BCUT2D eigenvalue weighted by Crippen LogP contribution is 2.46. The second kappa shape index (κ2) is 8.37. The molecule has 2 heterocycles. The van der Waals surface area contributed by atoms with Gasteiger partial charge in [0.15, 0.2) is 5.96 Å². The van der Waals surface area contributed by atoms with Crippen LogP contribution < -0.4 is 5.32 Å². The van der Waals surface area contributed by atoms with E-state index in [9.17, 15) is 4.79 Å². The van der Waals surface area contributed by atoms with Gasteiger partial charge in [0.1, 0.15) is 0 Å². The number of nitrogens with one attached hydrogen (secondary N) is 1. The molecule has 3 rings (SSSR count). The Bertz CT molecular complexity index is 714. The Hall–Kier alpha value is -1.31. The summed E-state index contributed by atoms with van der Waals surface area (Å²) in [5.41, 5.74) is 2.80. The van der Waals surface area contributed by atoms with Gasteiger partial charge in [-0.1, -0.05) is 38.1 Å². The Balaban J connectivity index is 0.00000261. The molecule has 27 heavy (non-hydrogen) atoms. The number of rotatable bonds is 4. The number of nitrogens with zero attached hydrogens (tertiary/aromatic N) is 3. The van der Waals surface area contributed by atoms with Crippen LogP contribution in [0.4, 0.5) is 0 Å². The van der Waals surface area contributed by atoms with Gasteiger partial charge in [0.2, 0.25) is 5.91 Å². The van der Waals surface area contributed by atoms with E-state index in [1.54, 1.807) is 0 Å². The van der Waals surface area contributed by atoms with Crippen molar-refractivity contribution in [2.75, 3.05) is 20.1 Å². The highest BCUT2D eigenvalue weighted by atomic mass is 127. The molecule has 2 saturated heterocycles. The van der Waals surface area contributed by atoms with E-state index >= 15 is 0 Å². The first kappa shape index (κ1) is 22.0. The lowest BCUT2D eigenvalue weighted by molar-refractivity contribution is -0.128. The summed E-state index contributed by atoms with van der Waals surface area (Å²) in [4.78, 5) is 20.8. The first-order chi connectivity index (χ1) is 12.3. The largest absolute Gasteiger partial charge is 0.352 e. The molecule has 1 N–H and O–H groups in total. The number of carbonyl (C=O) groups excluding carboxylic acids is 1. The summed E-state index contributed by atoms with van der Waals surface area (Å²) in [6.07, 6.45) is 1.67. The number of likely N-dealkylation sites (tertiary alicyclic amines) is 2. The molecule has 0 saturated carbocycles. The number of benzene rings is 1. The van der Waals surface area contributed by atoms with Crippen LogP contribution in [-0.4, -0.2) is 47.3 Å². The number of guanidine groups is 1. The van der Waals surface area contributed by atoms with Crippen LogP contribution in [0, 0.1) is 5.41 Å². The van der Waals surface area contributed by atoms with Crippen molar-refractivity contribution in [3.63, 3.8) is 0 Å². The third kappa shape index (κ3) is 4.25. The Morgan fingerprint density at radius 2 is 1.85 bits per heavy atom. The third-order valence-electron chi connectivity index (χ3n) is 6.44. The van der Waals surface area contributed by atoms with E-state index in [2.05, 4.69) is 67.2 Å². The van der Waals surface area contributed by atoms with E-state index in [-0.39, 0.29) is 40.8 Å². The van der Waals surface area contributed by atoms with E-state index in [0.717, 1.165) is 32.0 Å². The number of hydrogen-bond acceptors (Lipinski definition) is 2. The van der Waals surface area contributed by atoms with Crippen LogP contribution in [0.5, 0.6) is 0 Å². The third-order valence-corrected chi connectivity index (χ3v) is 6.44. The second-order valence-corrected chi connectivity index (χ2v) is 8.62. The highest BCUT2D eigenvalue weighted by Gasteiger charge is 2.53. The predicted molar refractivity (Wildman–Crippen MR) is 121 cm³/mol. The fourth-order valence-corrected chi connectivity index (χ4v) is 3.83. The maximum atomic E-state index is 12.0. The Morgan fingerprint density at radius 1 is 1.19 bits per heavy atom. The minimum atomic E-state index is 0. The van der Waals surface area contributed by atoms with E-state index in [1.165, 1.54) is 11.1 Å². The molecule has 0 atom stereocenters. The number of amides is 1. The molecule has 1 aromatic rings. The summed E-state index contributed by atoms with van der Waals surface area (Å²) < 4.78 is 0. The Kier molecular flexibility index (Phi) is 6.81. The minimum Gasteiger partial charge on any atom is -0.352 e. The average Bonchev–Trinajstić information content (AvgIpc) is 3.00. The van der Waals surface area contributed by atoms with Crippen LogP contribution in [0.2, 0.25) is 0 Å². The summed E-state index contributed by atoms with van der Waals surface area (Å²) >= 11 is 0. The average molecular weight is 484 g/mol. The molecule has 1 aromatic carbocycles. The van der Waals surface area contributed by atoms with Gasteiger partial charge in [-0.25, -0.2) is 0 Å². The fraction of sp³-hybridized carbons (Fsp3) is 0.619. The maximum absolute atomic E-state index is 12.0. The SMILES string of the molecule is CN=C(NCc1ccccc1CN1CCCC1=O)N1CC(C)(C)C1(C)C.I. The van der Waals surface area contributed by atoms with Crippen LogP contribution in [0.1, 0.15) is 51.7 Å². The number of carbonyl (C=O) groups is 1. The first-order valence-corrected chi connectivity index (χ1v) is 9.59. The van der Waals surface area contributed by atoms with Crippen LogP contribution in [-0.2, 0) is 17.9 Å². The summed E-state index contributed by atoms with van der Waals surface area (Å²) in [5.74, 6) is 1.22. The van der Waals surface area contributed by atoms with Gasteiger partial charge in [-0.05, 0) is 31.4 Å². The Labute approximate surface area is 180 Å². The molecule has 150 valence electrons. The molecule has 0 aliphatic carbocycles. The summed E-state index contributed by atoms with van der Waals surface area (Å²) in [6.45, 7) is 12.5. The fourth-order valence-electron chi connectivity index (χ4n) is 3.83. The molecular weight excluding hydrogens is 451 g/mol. The lowest BCUT2D eigenvalue weighted by atomic mass is 9.65. The van der Waals surface area contributed by atoms with Crippen LogP contribution in [0.15, 0.2) is 29.3 Å². The quantitative estimate of drug-likeness (QED) is 0.404. The van der Waals surface area contributed by atoms with Crippen molar-refractivity contribution in [1.29, 1.82) is 0 Å². The van der Waals surface area contributed by atoms with Crippen molar-refractivity contribution in [3.05, 3.63) is 35.4 Å². The molecular formula is C21H33IN4O. The number of halogens is 1. The lowest BCUT2D eigenvalue weighted by Gasteiger charge is -2.62. The summed E-state index contributed by atoms with van der Waals surface area (Å²) in [6, 6.07) is 8.38. The van der Waals surface area contributed by atoms with E-state index in [4.69, 9.17) is 0 Å². The van der Waals surface area contributed by atoms with Crippen molar-refractivity contribution in [1.82, 2.24) is 15.1 Å². The molecule has 0 bridgehead atoms. The monoisotopic (exact) mass is 484 g/mol. The van der Waals surface area contributed by atoms with Crippen LogP contribution in [0.3, 0.4) is 0 Å². The smallest absolute Gasteiger partial charge is 0.222 e. The topological polar surface area (TPSA) is 47.9 Å². The van der Waals surface area contributed by atoms with Gasteiger partial charge in [0.25, 0.3) is 0 Å². The predicted octanol–water partition coefficient (Wildman–Crippen LogP) is 3.62. The first-order valence-electron chi connectivity index (χ1n) is 9.59. The van der Waals surface area contributed by atoms with Crippen molar-refractivity contribution < 1.29 is 4.79 Å². The van der Waals surface area contributed by atoms with Gasteiger partial charge in [-0.15, -0.1) is 24.0 Å². The highest BCUT2D eigenvalue weighted by molar-refractivity contribution is 14.0. The molecule has 6 heteroatoms. The van der Waals surface area contributed by atoms with Gasteiger partial charge in [0.05, 0.1) is 0 Å². The summed E-state index contributed by atoms with van der Waals surface area (Å²) in [5, 5.41) is 3.53. The maximum Gasteiger partial charge on any atom is 0.222 e. The molecule has 1 amide bonds. The molecule has 0 radical (unpaired) electrons. The minimum absolute atomic E-state index is 0. The normalized spacial score (nSPS) is 20.9. The molecule has 2 aliphatic rings. The van der Waals surface area contributed by atoms with Crippen molar-refractivity contribution in [3.8, 4) is 0 Å². The zero-order valence-electron chi connectivity index (χ0n) is 17.2. The van der Waals surface area contributed by atoms with Gasteiger partial charge < -0.3 is 15.1 Å². The van der Waals surface area contributed by atoms with Gasteiger partial charge in [0, 0.05) is 50.6 Å². The second-order valence-electron chi connectivity index (χ2n) is 8.62. The summed E-state index contributed by atoms with van der Waals surface area (Å²) in [7, 11) is 1.85. The number of aliphatic imine (C=N–C) groups is 1. The zero-order valence-corrected chi connectivity index (χ0v) is 19.5. The molecule has 5 nitrogen and oxygen atoms in total. The van der Waals surface area contributed by atoms with Crippen LogP contribution in [0.25, 0.3) is 0 Å². The Morgan fingerprint density at radius 3 is 2.37 bits per heavy atom. The standard InChI is InChI=1S/C21H32N4O.HI/c1-20(2)15-25(21(20,3)4)19(22-5)23-13-16-9-6-7-10-17(16)14-24-12-8-11-18(24)26;/h6-7,9-10H,8,11-15H2,1-5H3,(H,22,23);1H. The van der Waals surface area contributed by atoms with Crippen LogP contribution >= 0.6 is 24.0 Å². The van der Waals surface area contributed by atoms with Gasteiger partial charge in [-0.3, -0.25) is 9.79 Å². The molecule has 2 fully saturated rings. The van der Waals surface area contributed by atoms with Gasteiger partial charge >= 0.3 is 0 Å². The molecule has 2 aliphatic heterocycles. The van der Waals surface area contributed by atoms with Gasteiger partial charge in [-0.2, -0.15) is 0 Å². The van der Waals surface area contributed by atoms with Crippen molar-refractivity contribution >= 4 is 35.8 Å². The van der Waals surface area contributed by atoms with E-state index < -0.39 is 0 Å². The van der Waals surface area contributed by atoms with Crippen molar-refractivity contribution in [2.24, 2.45) is 10.4 Å².